The Morgan fingerprint density at radius 2 is 2.41 bits per heavy atom. The summed E-state index contributed by atoms with van der Waals surface area (Å²) in [6, 6.07) is 1.62. The number of anilines is 1. The lowest BCUT2D eigenvalue weighted by Gasteiger charge is -2.04. The first-order valence-electron chi connectivity index (χ1n) is 5.06. The van der Waals surface area contributed by atoms with Crippen LogP contribution in [0.4, 0.5) is 5.82 Å². The molecule has 2 aromatic heterocycles. The fourth-order valence-electron chi connectivity index (χ4n) is 1.46. The lowest BCUT2D eigenvalue weighted by Crippen LogP contribution is -2.06. The van der Waals surface area contributed by atoms with E-state index < -0.39 is 5.97 Å². The van der Waals surface area contributed by atoms with Crippen LogP contribution in [0.25, 0.3) is 5.65 Å². The molecule has 1 N–H and O–H groups in total. The second-order valence-electron chi connectivity index (χ2n) is 3.23. The van der Waals surface area contributed by atoms with Gasteiger partial charge in [-0.2, -0.15) is 9.61 Å². The molecule has 2 heterocycles. The Balaban J connectivity index is 2.60. The molecular weight excluding hydrogens is 244 g/mol. The van der Waals surface area contributed by atoms with E-state index in [-0.39, 0.29) is 5.15 Å². The number of esters is 1. The van der Waals surface area contributed by atoms with Gasteiger partial charge in [-0.05, 0) is 6.92 Å². The summed E-state index contributed by atoms with van der Waals surface area (Å²) in [7, 11) is 1.73. The number of hydrogen-bond donors (Lipinski definition) is 1. The van der Waals surface area contributed by atoms with E-state index in [9.17, 15) is 4.79 Å². The Bertz CT molecular complexity index is 567. The van der Waals surface area contributed by atoms with Crippen LogP contribution in [0.15, 0.2) is 12.3 Å². The largest absolute Gasteiger partial charge is 0.462 e. The molecule has 0 aliphatic heterocycles. The van der Waals surface area contributed by atoms with Crippen molar-refractivity contribution in [2.45, 2.75) is 6.92 Å². The monoisotopic (exact) mass is 254 g/mol. The van der Waals surface area contributed by atoms with E-state index in [2.05, 4.69) is 15.4 Å². The molecule has 0 unspecified atom stereocenters. The molecule has 0 saturated heterocycles. The average molecular weight is 255 g/mol. The zero-order valence-electron chi connectivity index (χ0n) is 9.40. The van der Waals surface area contributed by atoms with Crippen LogP contribution in [-0.4, -0.2) is 34.2 Å². The van der Waals surface area contributed by atoms with Gasteiger partial charge in [-0.15, -0.1) is 0 Å². The van der Waals surface area contributed by atoms with Gasteiger partial charge in [0.25, 0.3) is 0 Å². The van der Waals surface area contributed by atoms with E-state index in [1.165, 1.54) is 10.7 Å². The van der Waals surface area contributed by atoms with Crippen LogP contribution in [0.3, 0.4) is 0 Å². The Kier molecular flexibility index (Phi) is 3.14. The highest BCUT2D eigenvalue weighted by Gasteiger charge is 2.17. The van der Waals surface area contributed by atoms with Crippen molar-refractivity contribution >= 4 is 29.0 Å². The van der Waals surface area contributed by atoms with Gasteiger partial charge in [0.15, 0.2) is 5.65 Å². The normalized spacial score (nSPS) is 10.5. The Labute approximate surface area is 103 Å². The summed E-state index contributed by atoms with van der Waals surface area (Å²) in [5.41, 5.74) is 0.672. The van der Waals surface area contributed by atoms with Crippen molar-refractivity contribution in [3.63, 3.8) is 0 Å². The smallest absolute Gasteiger partial charge is 0.343 e. The molecule has 0 aliphatic rings. The van der Waals surface area contributed by atoms with Crippen molar-refractivity contribution in [1.82, 2.24) is 14.6 Å². The van der Waals surface area contributed by atoms with E-state index in [0.29, 0.717) is 23.6 Å². The molecule has 90 valence electrons. The summed E-state index contributed by atoms with van der Waals surface area (Å²) < 4.78 is 6.41. The quantitative estimate of drug-likeness (QED) is 0.666. The first kappa shape index (κ1) is 11.7. The zero-order chi connectivity index (χ0) is 12.4. The molecule has 2 rings (SSSR count). The van der Waals surface area contributed by atoms with Gasteiger partial charge in [0.2, 0.25) is 0 Å². The van der Waals surface area contributed by atoms with Crippen LogP contribution in [0.5, 0.6) is 0 Å². The van der Waals surface area contributed by atoms with Gasteiger partial charge in [0.05, 0.1) is 12.8 Å². The van der Waals surface area contributed by atoms with E-state index in [0.717, 1.165) is 0 Å². The third-order valence-corrected chi connectivity index (χ3v) is 2.39. The lowest BCUT2D eigenvalue weighted by atomic mass is 10.3. The molecule has 0 fully saturated rings. The second-order valence-corrected chi connectivity index (χ2v) is 3.62. The summed E-state index contributed by atoms with van der Waals surface area (Å²) >= 11 is 5.87. The number of rotatable bonds is 3. The van der Waals surface area contributed by atoms with Gasteiger partial charge in [-0.1, -0.05) is 11.6 Å². The summed E-state index contributed by atoms with van der Waals surface area (Å²) in [6.07, 6.45) is 1.41. The van der Waals surface area contributed by atoms with Crippen molar-refractivity contribution in [2.75, 3.05) is 19.0 Å². The van der Waals surface area contributed by atoms with E-state index in [1.807, 2.05) is 0 Å². The summed E-state index contributed by atoms with van der Waals surface area (Å²) in [5, 5.41) is 7.27. The molecule has 17 heavy (non-hydrogen) atoms. The number of nitrogens with one attached hydrogen (secondary N) is 1. The molecule has 2 aromatic rings. The van der Waals surface area contributed by atoms with Crippen LogP contribution >= 0.6 is 11.6 Å². The molecule has 7 heteroatoms. The highest BCUT2D eigenvalue weighted by Crippen LogP contribution is 2.18. The van der Waals surface area contributed by atoms with Crippen molar-refractivity contribution in [3.05, 3.63) is 23.0 Å². The lowest BCUT2D eigenvalue weighted by molar-refractivity contribution is 0.0528. The maximum Gasteiger partial charge on any atom is 0.343 e. The van der Waals surface area contributed by atoms with Crippen molar-refractivity contribution < 1.29 is 9.53 Å². The Morgan fingerprint density at radius 3 is 3.06 bits per heavy atom. The predicted octanol–water partition coefficient (Wildman–Crippen LogP) is 1.60. The first-order chi connectivity index (χ1) is 8.17. The minimum Gasteiger partial charge on any atom is -0.462 e. The number of carbonyl (C=O) groups excluding carboxylic acids is 1. The minimum atomic E-state index is -0.459. The Morgan fingerprint density at radius 1 is 1.65 bits per heavy atom. The third kappa shape index (κ3) is 2.03. The van der Waals surface area contributed by atoms with Crippen molar-refractivity contribution in [2.24, 2.45) is 0 Å². The highest BCUT2D eigenvalue weighted by atomic mass is 35.5. The topological polar surface area (TPSA) is 68.5 Å². The molecule has 6 nitrogen and oxygen atoms in total. The maximum absolute atomic E-state index is 11.7. The summed E-state index contributed by atoms with van der Waals surface area (Å²) in [6.45, 7) is 2.04. The fourth-order valence-corrected chi connectivity index (χ4v) is 1.65. The number of carbonyl (C=O) groups is 1. The van der Waals surface area contributed by atoms with Gasteiger partial charge in [0.1, 0.15) is 16.5 Å². The molecule has 0 radical (unpaired) electrons. The summed E-state index contributed by atoms with van der Waals surface area (Å²) in [5.74, 6) is 0.190. The molecule has 0 amide bonds. The second kappa shape index (κ2) is 4.58. The van der Waals surface area contributed by atoms with Crippen molar-refractivity contribution in [3.8, 4) is 0 Å². The Hall–Kier alpha value is -1.82. The third-order valence-electron chi connectivity index (χ3n) is 2.19. The number of ether oxygens (including phenoxy) is 1. The minimum absolute atomic E-state index is 0.285. The molecule has 0 saturated carbocycles. The van der Waals surface area contributed by atoms with Gasteiger partial charge in [0, 0.05) is 13.1 Å². The van der Waals surface area contributed by atoms with Crippen LogP contribution in [0.2, 0.25) is 5.15 Å². The van der Waals surface area contributed by atoms with Gasteiger partial charge in [-0.3, -0.25) is 0 Å². The molecular formula is C10H11ClN4O2. The molecule has 0 aromatic carbocycles. The molecule has 0 spiro atoms. The number of halogens is 1. The van der Waals surface area contributed by atoms with Crippen molar-refractivity contribution in [1.29, 1.82) is 0 Å². The van der Waals surface area contributed by atoms with Crippen LogP contribution in [0, 0.1) is 0 Å². The first-order valence-corrected chi connectivity index (χ1v) is 5.44. The number of aromatic nitrogens is 3. The number of nitrogens with zero attached hydrogens (tertiary/aromatic N) is 3. The van der Waals surface area contributed by atoms with Crippen LogP contribution in [-0.2, 0) is 4.74 Å². The van der Waals surface area contributed by atoms with E-state index >= 15 is 0 Å². The van der Waals surface area contributed by atoms with Gasteiger partial charge in [-0.25, -0.2) is 9.78 Å². The molecule has 0 atom stereocenters. The van der Waals surface area contributed by atoms with Gasteiger partial charge >= 0.3 is 5.97 Å². The number of fused-ring (bicyclic) bond motifs is 1. The average Bonchev–Trinajstić information content (AvgIpc) is 2.71. The van der Waals surface area contributed by atoms with Crippen LogP contribution < -0.4 is 5.32 Å². The van der Waals surface area contributed by atoms with E-state index in [1.54, 1.807) is 20.0 Å². The number of hydrogen-bond acceptors (Lipinski definition) is 5. The highest BCUT2D eigenvalue weighted by molar-refractivity contribution is 6.29. The molecule has 0 bridgehead atoms. The van der Waals surface area contributed by atoms with E-state index in [4.69, 9.17) is 16.3 Å². The predicted molar refractivity (Wildman–Crippen MR) is 63.5 cm³/mol. The maximum atomic E-state index is 11.7. The summed E-state index contributed by atoms with van der Waals surface area (Å²) in [4.78, 5) is 15.7. The molecule has 0 aliphatic carbocycles. The zero-order valence-corrected chi connectivity index (χ0v) is 10.2. The standard InChI is InChI=1S/C10H11ClN4O2/c1-3-17-10(16)6-5-13-15-8(12-2)4-7(11)14-9(6)15/h4-5,12H,3H2,1-2H3. The van der Waals surface area contributed by atoms with Crippen LogP contribution in [0.1, 0.15) is 17.3 Å². The SMILES string of the molecule is CCOC(=O)c1cnn2c(NC)cc(Cl)nc12. The van der Waals surface area contributed by atoms with Gasteiger partial charge < -0.3 is 10.1 Å². The fraction of sp³-hybridized carbons (Fsp3) is 0.300.